The van der Waals surface area contributed by atoms with Crippen LogP contribution in [0, 0.1) is 0 Å². The lowest BCUT2D eigenvalue weighted by atomic mass is 10.2. The van der Waals surface area contributed by atoms with Crippen LogP contribution in [0.3, 0.4) is 0 Å². The zero-order valence-corrected chi connectivity index (χ0v) is 10.8. The number of nitrogens with two attached hydrogens (primary N) is 1. The van der Waals surface area contributed by atoms with E-state index in [2.05, 4.69) is 10.1 Å². The monoisotopic (exact) mass is 252 g/mol. The van der Waals surface area contributed by atoms with Gasteiger partial charge in [-0.2, -0.15) is 5.10 Å². The van der Waals surface area contributed by atoms with E-state index in [4.69, 9.17) is 5.73 Å². The predicted molar refractivity (Wildman–Crippen MR) is 79.5 cm³/mol. The Bertz CT molecular complexity index is 561. The van der Waals surface area contributed by atoms with Crippen molar-refractivity contribution < 1.29 is 0 Å². The van der Waals surface area contributed by atoms with E-state index in [9.17, 15) is 0 Å². The maximum atomic E-state index is 5.88. The third-order valence-corrected chi connectivity index (χ3v) is 2.51. The molecule has 0 spiro atoms. The molecule has 0 heterocycles. The summed E-state index contributed by atoms with van der Waals surface area (Å²) >= 11 is 0. The Labute approximate surface area is 112 Å². The van der Waals surface area contributed by atoms with E-state index >= 15 is 0 Å². The first kappa shape index (κ1) is 12.8. The minimum atomic E-state index is 0.346. The van der Waals surface area contributed by atoms with Crippen molar-refractivity contribution in [3.63, 3.8) is 0 Å². The Morgan fingerprint density at radius 2 is 1.58 bits per heavy atom. The van der Waals surface area contributed by atoms with Crippen molar-refractivity contribution in [3.05, 3.63) is 66.2 Å². The number of aliphatic imine (C=N–C) groups is 1. The molecule has 0 atom stereocenters. The number of hydrogen-bond acceptors (Lipinski definition) is 2. The van der Waals surface area contributed by atoms with E-state index < -0.39 is 0 Å². The molecule has 0 bridgehead atoms. The highest BCUT2D eigenvalue weighted by atomic mass is 15.5. The number of guanidine groups is 1. The van der Waals surface area contributed by atoms with Crippen LogP contribution in [-0.2, 0) is 0 Å². The molecule has 0 aliphatic carbocycles. The topological polar surface area (TPSA) is 54.0 Å². The molecule has 2 rings (SSSR count). The first-order chi connectivity index (χ1) is 9.25. The smallest absolute Gasteiger partial charge is 0.217 e. The molecule has 19 heavy (non-hydrogen) atoms. The fourth-order valence-electron chi connectivity index (χ4n) is 1.46. The van der Waals surface area contributed by atoms with E-state index in [0.29, 0.717) is 5.96 Å². The molecular formula is C15H16N4. The van der Waals surface area contributed by atoms with Crippen LogP contribution in [0.4, 0.5) is 5.69 Å². The van der Waals surface area contributed by atoms with Gasteiger partial charge in [-0.05, 0) is 17.7 Å². The molecule has 0 unspecified atom stereocenters. The molecule has 0 fully saturated rings. The van der Waals surface area contributed by atoms with Crippen molar-refractivity contribution >= 4 is 17.9 Å². The standard InChI is InChI=1S/C15H16N4/c1-19(17-12-13-8-4-2-5-9-13)15(16)18-14-10-6-3-7-11-14/h2-12H,1H3,(H2,16,18)/b17-12+. The van der Waals surface area contributed by atoms with Crippen LogP contribution in [0.5, 0.6) is 0 Å². The van der Waals surface area contributed by atoms with E-state index in [0.717, 1.165) is 11.3 Å². The zero-order valence-electron chi connectivity index (χ0n) is 10.8. The quantitative estimate of drug-likeness (QED) is 0.518. The van der Waals surface area contributed by atoms with Crippen molar-refractivity contribution in [1.29, 1.82) is 0 Å². The Kier molecular flexibility index (Phi) is 4.29. The van der Waals surface area contributed by atoms with Gasteiger partial charge in [0.1, 0.15) is 0 Å². The van der Waals surface area contributed by atoms with Gasteiger partial charge in [-0.3, -0.25) is 0 Å². The molecule has 0 radical (unpaired) electrons. The predicted octanol–water partition coefficient (Wildman–Crippen LogP) is 2.60. The second-order valence-electron chi connectivity index (χ2n) is 3.98. The van der Waals surface area contributed by atoms with E-state index in [1.165, 1.54) is 0 Å². The fraction of sp³-hybridized carbons (Fsp3) is 0.0667. The average molecular weight is 252 g/mol. The van der Waals surface area contributed by atoms with Crippen molar-refractivity contribution in [2.24, 2.45) is 15.8 Å². The third kappa shape index (κ3) is 3.96. The van der Waals surface area contributed by atoms with E-state index in [1.807, 2.05) is 60.7 Å². The molecule has 96 valence electrons. The van der Waals surface area contributed by atoms with Crippen LogP contribution in [0.1, 0.15) is 5.56 Å². The lowest BCUT2D eigenvalue weighted by Crippen LogP contribution is -2.29. The third-order valence-electron chi connectivity index (χ3n) is 2.51. The first-order valence-electron chi connectivity index (χ1n) is 5.97. The normalized spacial score (nSPS) is 11.7. The second kappa shape index (κ2) is 6.35. The number of nitrogens with zero attached hydrogens (tertiary/aromatic N) is 3. The average Bonchev–Trinajstić information content (AvgIpc) is 2.47. The van der Waals surface area contributed by atoms with E-state index in [1.54, 1.807) is 18.3 Å². The number of benzene rings is 2. The molecule has 0 saturated heterocycles. The largest absolute Gasteiger partial charge is 0.368 e. The Hall–Kier alpha value is -2.62. The van der Waals surface area contributed by atoms with Gasteiger partial charge < -0.3 is 5.73 Å². The van der Waals surface area contributed by atoms with Crippen LogP contribution >= 0.6 is 0 Å². The SMILES string of the molecule is CN(/N=C/c1ccccc1)C(N)=Nc1ccccc1. The molecule has 0 saturated carbocycles. The molecule has 4 nitrogen and oxygen atoms in total. The van der Waals surface area contributed by atoms with Gasteiger partial charge in [-0.1, -0.05) is 48.5 Å². The fourth-order valence-corrected chi connectivity index (χ4v) is 1.46. The number of para-hydroxylation sites is 1. The highest BCUT2D eigenvalue weighted by Gasteiger charge is 1.98. The van der Waals surface area contributed by atoms with Gasteiger partial charge in [0.25, 0.3) is 0 Å². The summed E-state index contributed by atoms with van der Waals surface area (Å²) in [6, 6.07) is 19.4. The molecule has 0 aliphatic rings. The number of hydrazone groups is 1. The summed E-state index contributed by atoms with van der Waals surface area (Å²) < 4.78 is 0. The summed E-state index contributed by atoms with van der Waals surface area (Å²) in [6.07, 6.45) is 1.74. The summed E-state index contributed by atoms with van der Waals surface area (Å²) in [4.78, 5) is 4.28. The van der Waals surface area contributed by atoms with Crippen LogP contribution in [-0.4, -0.2) is 24.2 Å². The Morgan fingerprint density at radius 3 is 2.21 bits per heavy atom. The Balaban J connectivity index is 2.06. The van der Waals surface area contributed by atoms with Gasteiger partial charge >= 0.3 is 0 Å². The van der Waals surface area contributed by atoms with Crippen molar-refractivity contribution in [2.75, 3.05) is 7.05 Å². The lowest BCUT2D eigenvalue weighted by molar-refractivity contribution is 0.541. The van der Waals surface area contributed by atoms with Crippen LogP contribution in [0.25, 0.3) is 0 Å². The van der Waals surface area contributed by atoms with Gasteiger partial charge in [0.15, 0.2) is 0 Å². The molecule has 4 heteroatoms. The van der Waals surface area contributed by atoms with Crippen molar-refractivity contribution in [3.8, 4) is 0 Å². The second-order valence-corrected chi connectivity index (χ2v) is 3.98. The summed E-state index contributed by atoms with van der Waals surface area (Å²) in [5, 5.41) is 5.78. The summed E-state index contributed by atoms with van der Waals surface area (Å²) in [6.45, 7) is 0. The van der Waals surface area contributed by atoms with Crippen molar-refractivity contribution in [2.45, 2.75) is 0 Å². The maximum absolute atomic E-state index is 5.88. The van der Waals surface area contributed by atoms with E-state index in [-0.39, 0.29) is 0 Å². The minimum Gasteiger partial charge on any atom is -0.368 e. The summed E-state index contributed by atoms with van der Waals surface area (Å²) in [7, 11) is 1.77. The molecule has 2 aromatic rings. The van der Waals surface area contributed by atoms with Crippen molar-refractivity contribution in [1.82, 2.24) is 5.01 Å². The number of hydrogen-bond donors (Lipinski definition) is 1. The highest BCUT2D eigenvalue weighted by Crippen LogP contribution is 2.09. The summed E-state index contributed by atoms with van der Waals surface area (Å²) in [5.74, 6) is 0.346. The molecule has 0 amide bonds. The minimum absolute atomic E-state index is 0.346. The zero-order chi connectivity index (χ0) is 13.5. The summed E-state index contributed by atoms with van der Waals surface area (Å²) in [5.41, 5.74) is 7.70. The van der Waals surface area contributed by atoms with Gasteiger partial charge in [-0.25, -0.2) is 10.0 Å². The van der Waals surface area contributed by atoms with Crippen LogP contribution in [0.2, 0.25) is 0 Å². The molecule has 0 aliphatic heterocycles. The van der Waals surface area contributed by atoms with Gasteiger partial charge in [0, 0.05) is 7.05 Å². The van der Waals surface area contributed by atoms with Gasteiger partial charge in [-0.15, -0.1) is 0 Å². The van der Waals surface area contributed by atoms with Crippen LogP contribution < -0.4 is 5.73 Å². The maximum Gasteiger partial charge on any atom is 0.217 e. The molecule has 2 aromatic carbocycles. The van der Waals surface area contributed by atoms with Gasteiger partial charge in [0.2, 0.25) is 5.96 Å². The molecule has 2 N–H and O–H groups in total. The Morgan fingerprint density at radius 1 is 1.00 bits per heavy atom. The van der Waals surface area contributed by atoms with Crippen LogP contribution in [0.15, 0.2) is 70.8 Å². The highest BCUT2D eigenvalue weighted by molar-refractivity contribution is 5.84. The first-order valence-corrected chi connectivity index (χ1v) is 5.97. The lowest BCUT2D eigenvalue weighted by Gasteiger charge is -2.11. The number of rotatable bonds is 3. The molecule has 0 aromatic heterocycles. The molecular weight excluding hydrogens is 236 g/mol. The van der Waals surface area contributed by atoms with Gasteiger partial charge in [0.05, 0.1) is 11.9 Å².